The molecule has 0 atom stereocenters. The van der Waals surface area contributed by atoms with E-state index in [2.05, 4.69) is 15.0 Å². The fourth-order valence-corrected chi connectivity index (χ4v) is 3.29. The van der Waals surface area contributed by atoms with Gasteiger partial charge >= 0.3 is 0 Å². The van der Waals surface area contributed by atoms with Crippen molar-refractivity contribution in [2.24, 2.45) is 4.99 Å². The maximum Gasteiger partial charge on any atom is 0.269 e. The molecule has 0 bridgehead atoms. The number of hydrogen-bond donors (Lipinski definition) is 0. The summed E-state index contributed by atoms with van der Waals surface area (Å²) in [7, 11) is 5.59. The Morgan fingerprint density at radius 1 is 0.882 bits per heavy atom. The fraction of sp³-hybridized carbons (Fsp3) is 0.115. The Morgan fingerprint density at radius 3 is 1.94 bits per heavy atom. The molecule has 0 amide bonds. The lowest BCUT2D eigenvalue weighted by Crippen LogP contribution is -2.08. The van der Waals surface area contributed by atoms with E-state index in [1.165, 1.54) is 12.1 Å². The molecule has 8 nitrogen and oxygen atoms in total. The molecule has 1 heterocycles. The zero-order valence-electron chi connectivity index (χ0n) is 19.0. The van der Waals surface area contributed by atoms with E-state index in [4.69, 9.17) is 4.74 Å². The van der Waals surface area contributed by atoms with Gasteiger partial charge in [-0.15, -0.1) is 0 Å². The number of rotatable bonds is 7. The van der Waals surface area contributed by atoms with Gasteiger partial charge in [0.05, 0.1) is 23.4 Å². The molecule has 0 saturated heterocycles. The van der Waals surface area contributed by atoms with Crippen molar-refractivity contribution in [2.75, 3.05) is 26.1 Å². The van der Waals surface area contributed by atoms with E-state index in [0.717, 1.165) is 28.1 Å². The van der Waals surface area contributed by atoms with Gasteiger partial charge < -0.3 is 9.64 Å². The molecule has 0 saturated carbocycles. The van der Waals surface area contributed by atoms with Crippen LogP contribution in [-0.4, -0.2) is 42.3 Å². The van der Waals surface area contributed by atoms with Crippen molar-refractivity contribution < 1.29 is 9.66 Å². The van der Waals surface area contributed by atoms with E-state index in [9.17, 15) is 10.1 Å². The van der Waals surface area contributed by atoms with E-state index >= 15 is 0 Å². The Bertz CT molecular complexity index is 1320. The largest absolute Gasteiger partial charge is 0.497 e. The molecule has 170 valence electrons. The van der Waals surface area contributed by atoms with E-state index in [1.54, 1.807) is 25.5 Å². The van der Waals surface area contributed by atoms with Crippen LogP contribution in [0.4, 0.5) is 17.3 Å². The highest BCUT2D eigenvalue weighted by atomic mass is 16.6. The van der Waals surface area contributed by atoms with E-state index in [-0.39, 0.29) is 5.69 Å². The van der Waals surface area contributed by atoms with Crippen LogP contribution in [-0.2, 0) is 0 Å². The average Bonchev–Trinajstić information content (AvgIpc) is 2.87. The number of benzene rings is 3. The van der Waals surface area contributed by atoms with Crippen LogP contribution in [0.2, 0.25) is 0 Å². The second-order valence-electron chi connectivity index (χ2n) is 7.72. The number of aliphatic imine (C=N–C) groups is 1. The summed E-state index contributed by atoms with van der Waals surface area (Å²) in [5.74, 6) is 1.03. The van der Waals surface area contributed by atoms with Crippen LogP contribution in [0, 0.1) is 10.1 Å². The predicted molar refractivity (Wildman–Crippen MR) is 134 cm³/mol. The molecule has 1 aromatic heterocycles. The molecular formula is C26H23N5O3. The maximum atomic E-state index is 11.0. The number of anilines is 1. The van der Waals surface area contributed by atoms with Crippen molar-refractivity contribution in [1.29, 1.82) is 0 Å². The molecule has 0 aliphatic carbocycles. The van der Waals surface area contributed by atoms with Gasteiger partial charge in [0.25, 0.3) is 5.69 Å². The normalized spacial score (nSPS) is 10.9. The quantitative estimate of drug-likeness (QED) is 0.207. The third-order valence-electron chi connectivity index (χ3n) is 5.21. The van der Waals surface area contributed by atoms with Crippen LogP contribution in [0.3, 0.4) is 0 Å². The third-order valence-corrected chi connectivity index (χ3v) is 5.21. The maximum absolute atomic E-state index is 11.0. The summed E-state index contributed by atoms with van der Waals surface area (Å²) in [6.45, 7) is 0. The first-order chi connectivity index (χ1) is 16.4. The molecule has 0 unspecified atom stereocenters. The van der Waals surface area contributed by atoms with E-state index in [0.29, 0.717) is 17.3 Å². The first kappa shape index (κ1) is 22.6. The highest BCUT2D eigenvalue weighted by Crippen LogP contribution is 2.28. The molecule has 0 N–H and O–H groups in total. The van der Waals surface area contributed by atoms with Crippen LogP contribution in [0.15, 0.2) is 83.9 Å². The minimum atomic E-state index is -0.427. The van der Waals surface area contributed by atoms with E-state index in [1.807, 2.05) is 73.6 Å². The smallest absolute Gasteiger partial charge is 0.269 e. The second kappa shape index (κ2) is 9.91. The number of nitrogens with zero attached hydrogens (tertiary/aromatic N) is 5. The lowest BCUT2D eigenvalue weighted by molar-refractivity contribution is -0.384. The van der Waals surface area contributed by atoms with Crippen molar-refractivity contribution in [2.45, 2.75) is 0 Å². The number of aromatic nitrogens is 2. The topological polar surface area (TPSA) is 93.8 Å². The van der Waals surface area contributed by atoms with Crippen LogP contribution >= 0.6 is 0 Å². The van der Waals surface area contributed by atoms with Gasteiger partial charge in [-0.3, -0.25) is 10.1 Å². The number of nitro benzene ring substituents is 1. The molecule has 0 fully saturated rings. The van der Waals surface area contributed by atoms with Gasteiger partial charge in [-0.05, 0) is 60.2 Å². The predicted octanol–water partition coefficient (Wildman–Crippen LogP) is 5.54. The molecule has 34 heavy (non-hydrogen) atoms. The summed E-state index contributed by atoms with van der Waals surface area (Å²) in [5.41, 5.74) is 4.93. The van der Waals surface area contributed by atoms with E-state index < -0.39 is 4.92 Å². The van der Waals surface area contributed by atoms with Crippen molar-refractivity contribution in [1.82, 2.24) is 9.97 Å². The highest BCUT2D eigenvalue weighted by Gasteiger charge is 2.11. The fourth-order valence-electron chi connectivity index (χ4n) is 3.29. The van der Waals surface area contributed by atoms with Crippen LogP contribution in [0.5, 0.6) is 5.75 Å². The molecule has 4 rings (SSSR count). The van der Waals surface area contributed by atoms with Gasteiger partial charge in [0.1, 0.15) is 5.75 Å². The summed E-state index contributed by atoms with van der Waals surface area (Å²) >= 11 is 0. The molecule has 3 aromatic carbocycles. The number of hydrogen-bond acceptors (Lipinski definition) is 7. The standard InChI is InChI=1S/C26H23N5O3/c1-30(2)21-10-4-18(5-11-21)17-27-26-28-24(19-6-12-22(13-7-19)31(32)33)16-25(29-26)20-8-14-23(34-3)15-9-20/h4-17H,1-3H3/b27-17+. The Kier molecular flexibility index (Phi) is 6.59. The summed E-state index contributed by atoms with van der Waals surface area (Å²) < 4.78 is 5.25. The van der Waals surface area contributed by atoms with Crippen molar-refractivity contribution in [3.8, 4) is 28.3 Å². The summed E-state index contributed by atoms with van der Waals surface area (Å²) in [6, 6.07) is 23.6. The average molecular weight is 454 g/mol. The Hall–Kier alpha value is -4.59. The van der Waals surface area contributed by atoms with Gasteiger partial charge in [-0.1, -0.05) is 12.1 Å². The molecule has 0 aliphatic heterocycles. The molecule has 0 radical (unpaired) electrons. The van der Waals surface area contributed by atoms with Crippen LogP contribution in [0.25, 0.3) is 22.5 Å². The second-order valence-corrected chi connectivity index (χ2v) is 7.72. The minimum Gasteiger partial charge on any atom is -0.497 e. The summed E-state index contributed by atoms with van der Waals surface area (Å²) in [4.78, 5) is 26.3. The summed E-state index contributed by atoms with van der Waals surface area (Å²) in [5, 5.41) is 11.0. The Balaban J connectivity index is 1.73. The first-order valence-electron chi connectivity index (χ1n) is 10.5. The molecular weight excluding hydrogens is 430 g/mol. The third kappa shape index (κ3) is 5.24. The molecule has 0 spiro atoms. The van der Waals surface area contributed by atoms with Gasteiger partial charge in [0.2, 0.25) is 5.95 Å². The lowest BCUT2D eigenvalue weighted by Gasteiger charge is -2.11. The number of methoxy groups -OCH3 is 1. The SMILES string of the molecule is COc1ccc(-c2cc(-c3ccc([N+](=O)[O-])cc3)nc(/N=C/c3ccc(N(C)C)cc3)n2)cc1. The zero-order valence-corrected chi connectivity index (χ0v) is 19.0. The highest BCUT2D eigenvalue weighted by molar-refractivity contribution is 5.82. The monoisotopic (exact) mass is 453 g/mol. The minimum absolute atomic E-state index is 0.0209. The lowest BCUT2D eigenvalue weighted by atomic mass is 10.1. The number of non-ortho nitro benzene ring substituents is 1. The van der Waals surface area contributed by atoms with Gasteiger partial charge in [0.15, 0.2) is 0 Å². The Morgan fingerprint density at radius 2 is 1.44 bits per heavy atom. The number of nitro groups is 1. The molecule has 0 aliphatic rings. The van der Waals surface area contributed by atoms with Crippen LogP contribution in [0.1, 0.15) is 5.56 Å². The van der Waals surface area contributed by atoms with Crippen molar-refractivity contribution in [3.05, 3.63) is 94.5 Å². The van der Waals surface area contributed by atoms with Gasteiger partial charge in [-0.2, -0.15) is 0 Å². The van der Waals surface area contributed by atoms with Gasteiger partial charge in [-0.25, -0.2) is 15.0 Å². The number of ether oxygens (including phenoxy) is 1. The zero-order chi connectivity index (χ0) is 24.1. The molecule has 8 heteroatoms. The molecule has 4 aromatic rings. The van der Waals surface area contributed by atoms with Crippen molar-refractivity contribution in [3.63, 3.8) is 0 Å². The van der Waals surface area contributed by atoms with Crippen LogP contribution < -0.4 is 9.64 Å². The Labute approximate surface area is 197 Å². The van der Waals surface area contributed by atoms with Gasteiger partial charge in [0, 0.05) is 49.3 Å². The summed E-state index contributed by atoms with van der Waals surface area (Å²) in [6.07, 6.45) is 1.71. The first-order valence-corrected chi connectivity index (χ1v) is 10.5. The van der Waals surface area contributed by atoms with Crippen molar-refractivity contribution >= 4 is 23.5 Å².